The highest BCUT2D eigenvalue weighted by Crippen LogP contribution is 2.24. The fourth-order valence-corrected chi connectivity index (χ4v) is 2.55. The van der Waals surface area contributed by atoms with E-state index in [1.54, 1.807) is 6.07 Å². The Labute approximate surface area is 123 Å². The summed E-state index contributed by atoms with van der Waals surface area (Å²) in [7, 11) is 0. The van der Waals surface area contributed by atoms with Crippen LogP contribution in [0.5, 0.6) is 0 Å². The molecule has 1 saturated carbocycles. The van der Waals surface area contributed by atoms with Gasteiger partial charge < -0.3 is 0 Å². The van der Waals surface area contributed by atoms with E-state index in [4.69, 9.17) is 0 Å². The smallest absolute Gasteiger partial charge is 0.267 e. The van der Waals surface area contributed by atoms with Crippen molar-refractivity contribution in [3.05, 3.63) is 39.9 Å². The third kappa shape index (κ3) is 3.87. The molecule has 1 amide bonds. The fourth-order valence-electron chi connectivity index (χ4n) is 2.55. The summed E-state index contributed by atoms with van der Waals surface area (Å²) in [5.41, 5.74) is 3.24. The van der Waals surface area contributed by atoms with Gasteiger partial charge in [-0.3, -0.25) is 14.9 Å². The molecule has 1 fully saturated rings. The zero-order valence-corrected chi connectivity index (χ0v) is 12.0. The summed E-state index contributed by atoms with van der Waals surface area (Å²) < 4.78 is 0. The number of carbonyl (C=O) groups excluding carboxylic acids is 1. The molecule has 0 saturated heterocycles. The average molecular weight is 289 g/mol. The highest BCUT2D eigenvalue weighted by molar-refractivity contribution is 5.98. The van der Waals surface area contributed by atoms with Crippen molar-refractivity contribution in [2.45, 2.75) is 39.0 Å². The van der Waals surface area contributed by atoms with Gasteiger partial charge in [0.1, 0.15) is 5.56 Å². The minimum absolute atomic E-state index is 0.0362. The Morgan fingerprint density at radius 3 is 2.67 bits per heavy atom. The number of nitrogens with zero attached hydrogens (tertiary/aromatic N) is 2. The summed E-state index contributed by atoms with van der Waals surface area (Å²) >= 11 is 0. The molecule has 0 atom stereocenters. The van der Waals surface area contributed by atoms with Crippen molar-refractivity contribution in [1.29, 1.82) is 0 Å². The molecule has 1 aliphatic rings. The van der Waals surface area contributed by atoms with Gasteiger partial charge in [0, 0.05) is 11.8 Å². The molecule has 0 unspecified atom stereocenters. The Morgan fingerprint density at radius 2 is 2.05 bits per heavy atom. The molecule has 0 radical (unpaired) electrons. The SMILES string of the molecule is CCC1CCC(=NNC(=O)c2ccccc2[N+](=O)[O-])CC1. The van der Waals surface area contributed by atoms with Crippen molar-refractivity contribution in [3.8, 4) is 0 Å². The first-order valence-corrected chi connectivity index (χ1v) is 7.21. The maximum Gasteiger partial charge on any atom is 0.282 e. The van der Waals surface area contributed by atoms with Gasteiger partial charge >= 0.3 is 0 Å². The normalized spacial score (nSPS) is 18.1. The highest BCUT2D eigenvalue weighted by Gasteiger charge is 2.20. The van der Waals surface area contributed by atoms with Gasteiger partial charge in [-0.25, -0.2) is 5.43 Å². The number of carbonyl (C=O) groups is 1. The number of nitro benzene ring substituents is 1. The minimum Gasteiger partial charge on any atom is -0.267 e. The molecule has 0 heterocycles. The van der Waals surface area contributed by atoms with Crippen molar-refractivity contribution < 1.29 is 9.72 Å². The van der Waals surface area contributed by atoms with E-state index >= 15 is 0 Å². The molecule has 1 aromatic rings. The van der Waals surface area contributed by atoms with Crippen molar-refractivity contribution in [2.24, 2.45) is 11.0 Å². The van der Waals surface area contributed by atoms with Crippen LogP contribution in [0.15, 0.2) is 29.4 Å². The minimum atomic E-state index is -0.561. The van der Waals surface area contributed by atoms with Crippen LogP contribution in [-0.4, -0.2) is 16.5 Å². The van der Waals surface area contributed by atoms with Crippen molar-refractivity contribution >= 4 is 17.3 Å². The maximum absolute atomic E-state index is 12.0. The van der Waals surface area contributed by atoms with E-state index < -0.39 is 10.8 Å². The lowest BCUT2D eigenvalue weighted by Gasteiger charge is -2.21. The lowest BCUT2D eigenvalue weighted by atomic mass is 9.86. The van der Waals surface area contributed by atoms with Crippen molar-refractivity contribution in [2.75, 3.05) is 0 Å². The van der Waals surface area contributed by atoms with Gasteiger partial charge in [0.05, 0.1) is 4.92 Å². The molecular weight excluding hydrogens is 270 g/mol. The van der Waals surface area contributed by atoms with E-state index in [-0.39, 0.29) is 11.3 Å². The number of nitrogens with one attached hydrogen (secondary N) is 1. The average Bonchev–Trinajstić information content (AvgIpc) is 2.53. The number of hydrogen-bond acceptors (Lipinski definition) is 4. The number of rotatable bonds is 4. The molecule has 6 heteroatoms. The number of amides is 1. The predicted molar refractivity (Wildman–Crippen MR) is 80.2 cm³/mol. The van der Waals surface area contributed by atoms with Crippen LogP contribution in [0.3, 0.4) is 0 Å². The Balaban J connectivity index is 2.01. The molecule has 1 aromatic carbocycles. The summed E-state index contributed by atoms with van der Waals surface area (Å²) in [6.07, 6.45) is 5.13. The Morgan fingerprint density at radius 1 is 1.38 bits per heavy atom. The Hall–Kier alpha value is -2.24. The Bertz CT molecular complexity index is 559. The van der Waals surface area contributed by atoms with Crippen LogP contribution in [0.2, 0.25) is 0 Å². The van der Waals surface area contributed by atoms with Gasteiger partial charge in [0.15, 0.2) is 0 Å². The number of hydrogen-bond donors (Lipinski definition) is 1. The quantitative estimate of drug-likeness (QED) is 0.681. The van der Waals surface area contributed by atoms with Gasteiger partial charge in [-0.1, -0.05) is 25.5 Å². The number of hydrazone groups is 1. The predicted octanol–water partition coefficient (Wildman–Crippen LogP) is 3.28. The zero-order valence-electron chi connectivity index (χ0n) is 12.0. The summed E-state index contributed by atoms with van der Waals surface area (Å²) in [5.74, 6) is 0.210. The van der Waals surface area contributed by atoms with E-state index in [0.717, 1.165) is 37.3 Å². The molecule has 21 heavy (non-hydrogen) atoms. The topological polar surface area (TPSA) is 84.6 Å². The van der Waals surface area contributed by atoms with Crippen LogP contribution in [0, 0.1) is 16.0 Å². The first-order valence-electron chi connectivity index (χ1n) is 7.21. The highest BCUT2D eigenvalue weighted by atomic mass is 16.6. The molecule has 0 spiro atoms. The van der Waals surface area contributed by atoms with E-state index in [2.05, 4.69) is 17.5 Å². The molecule has 1 N–H and O–H groups in total. The van der Waals surface area contributed by atoms with E-state index in [9.17, 15) is 14.9 Å². The number of benzene rings is 1. The maximum atomic E-state index is 12.0. The Kier molecular flexibility index (Phi) is 5.03. The molecule has 2 rings (SSSR count). The first kappa shape index (κ1) is 15.2. The van der Waals surface area contributed by atoms with Crippen LogP contribution in [0.25, 0.3) is 0 Å². The van der Waals surface area contributed by atoms with E-state index in [1.165, 1.54) is 24.6 Å². The van der Waals surface area contributed by atoms with Crippen LogP contribution in [0.4, 0.5) is 5.69 Å². The number of nitro groups is 1. The zero-order chi connectivity index (χ0) is 15.2. The third-order valence-electron chi connectivity index (χ3n) is 3.92. The van der Waals surface area contributed by atoms with Gasteiger partial charge in [-0.15, -0.1) is 0 Å². The summed E-state index contributed by atoms with van der Waals surface area (Å²) in [5, 5.41) is 15.0. The summed E-state index contributed by atoms with van der Waals surface area (Å²) in [6, 6.07) is 5.88. The summed E-state index contributed by atoms with van der Waals surface area (Å²) in [4.78, 5) is 22.3. The molecule has 112 valence electrons. The molecular formula is C15H19N3O3. The standard InChI is InChI=1S/C15H19N3O3/c1-2-11-7-9-12(10-8-11)16-17-15(19)13-5-3-4-6-14(13)18(20)21/h3-6,11H,2,7-10H2,1H3,(H,17,19). The summed E-state index contributed by atoms with van der Waals surface area (Å²) in [6.45, 7) is 2.18. The molecule has 1 aliphatic carbocycles. The second-order valence-corrected chi connectivity index (χ2v) is 5.24. The van der Waals surface area contributed by atoms with Gasteiger partial charge in [0.25, 0.3) is 11.6 Å². The van der Waals surface area contributed by atoms with Crippen LogP contribution >= 0.6 is 0 Å². The second kappa shape index (κ2) is 6.97. The molecule has 6 nitrogen and oxygen atoms in total. The first-order chi connectivity index (χ1) is 10.1. The van der Waals surface area contributed by atoms with Gasteiger partial charge in [-0.05, 0) is 37.7 Å². The molecule has 0 bridgehead atoms. The van der Waals surface area contributed by atoms with Crippen LogP contribution < -0.4 is 5.43 Å². The van der Waals surface area contributed by atoms with Crippen LogP contribution in [-0.2, 0) is 0 Å². The monoisotopic (exact) mass is 289 g/mol. The lowest BCUT2D eigenvalue weighted by molar-refractivity contribution is -0.385. The van der Waals surface area contributed by atoms with Gasteiger partial charge in [-0.2, -0.15) is 5.10 Å². The number of para-hydroxylation sites is 1. The van der Waals surface area contributed by atoms with Gasteiger partial charge in [0.2, 0.25) is 0 Å². The fraction of sp³-hybridized carbons (Fsp3) is 0.467. The molecule has 0 aliphatic heterocycles. The van der Waals surface area contributed by atoms with Crippen LogP contribution in [0.1, 0.15) is 49.4 Å². The molecule has 0 aromatic heterocycles. The van der Waals surface area contributed by atoms with E-state index in [1.807, 2.05) is 0 Å². The largest absolute Gasteiger partial charge is 0.282 e. The van der Waals surface area contributed by atoms with Crippen molar-refractivity contribution in [1.82, 2.24) is 5.43 Å². The lowest BCUT2D eigenvalue weighted by Crippen LogP contribution is -2.22. The van der Waals surface area contributed by atoms with E-state index in [0.29, 0.717) is 0 Å². The third-order valence-corrected chi connectivity index (χ3v) is 3.92. The van der Waals surface area contributed by atoms with Crippen molar-refractivity contribution in [3.63, 3.8) is 0 Å². The second-order valence-electron chi connectivity index (χ2n) is 5.24.